The Hall–Kier alpha value is -2.43. The van der Waals surface area contributed by atoms with E-state index >= 15 is 0 Å². The highest BCUT2D eigenvalue weighted by Crippen LogP contribution is 2.31. The zero-order valence-electron chi connectivity index (χ0n) is 11.5. The average Bonchev–Trinajstić information content (AvgIpc) is 2.46. The molecule has 1 aromatic carbocycles. The van der Waals surface area contributed by atoms with Crippen LogP contribution in [0.25, 0.3) is 0 Å². The van der Waals surface area contributed by atoms with E-state index in [1.165, 1.54) is 6.07 Å². The largest absolute Gasteiger partial charge is 0.481 e. The van der Waals surface area contributed by atoms with E-state index in [2.05, 4.69) is 4.98 Å². The summed E-state index contributed by atoms with van der Waals surface area (Å²) in [6.45, 7) is 3.94. The van der Waals surface area contributed by atoms with Crippen LogP contribution in [0.5, 0.6) is 5.75 Å². The highest BCUT2D eigenvalue weighted by Gasteiger charge is 2.21. The first-order chi connectivity index (χ1) is 9.61. The van der Waals surface area contributed by atoms with Crippen LogP contribution in [0.1, 0.15) is 23.9 Å². The molecule has 0 aliphatic heterocycles. The van der Waals surface area contributed by atoms with Gasteiger partial charge in [-0.25, -0.2) is 0 Å². The molecule has 0 aliphatic carbocycles. The van der Waals surface area contributed by atoms with Crippen LogP contribution in [0, 0.1) is 17.0 Å². The van der Waals surface area contributed by atoms with E-state index in [1.54, 1.807) is 6.92 Å². The van der Waals surface area contributed by atoms with Crippen molar-refractivity contribution < 1.29 is 9.66 Å². The first-order valence-electron chi connectivity index (χ1n) is 6.43. The van der Waals surface area contributed by atoms with Crippen LogP contribution in [-0.4, -0.2) is 9.91 Å². The van der Waals surface area contributed by atoms with Crippen molar-refractivity contribution in [3.8, 4) is 5.75 Å². The fraction of sp³-hybridized carbons (Fsp3) is 0.267. The van der Waals surface area contributed by atoms with Crippen molar-refractivity contribution in [3.63, 3.8) is 0 Å². The molecule has 0 spiro atoms. The number of hydrogen-bond donors (Lipinski definition) is 0. The summed E-state index contributed by atoms with van der Waals surface area (Å²) in [5.74, 6) is 0.270. The van der Waals surface area contributed by atoms with Crippen LogP contribution in [0.4, 0.5) is 5.69 Å². The van der Waals surface area contributed by atoms with E-state index in [-0.39, 0.29) is 11.4 Å². The molecule has 0 atom stereocenters. The zero-order chi connectivity index (χ0) is 14.5. The lowest BCUT2D eigenvalue weighted by molar-refractivity contribution is -0.386. The molecule has 0 saturated carbocycles. The van der Waals surface area contributed by atoms with Crippen molar-refractivity contribution in [2.75, 3.05) is 0 Å². The summed E-state index contributed by atoms with van der Waals surface area (Å²) in [5.41, 5.74) is 2.18. The topological polar surface area (TPSA) is 65.3 Å². The first kappa shape index (κ1) is 14.0. The molecule has 0 saturated heterocycles. The highest BCUT2D eigenvalue weighted by molar-refractivity contribution is 5.50. The molecule has 0 N–H and O–H groups in total. The number of hydrogen-bond acceptors (Lipinski definition) is 4. The Morgan fingerprint density at radius 1 is 1.30 bits per heavy atom. The summed E-state index contributed by atoms with van der Waals surface area (Å²) in [7, 11) is 0. The molecule has 0 bridgehead atoms. The molecule has 20 heavy (non-hydrogen) atoms. The molecule has 5 nitrogen and oxygen atoms in total. The molecular formula is C15H16N2O3. The summed E-state index contributed by atoms with van der Waals surface area (Å²) >= 11 is 0. The Morgan fingerprint density at radius 2 is 2.00 bits per heavy atom. The van der Waals surface area contributed by atoms with Crippen LogP contribution < -0.4 is 4.74 Å². The Balaban J connectivity index is 2.32. The van der Waals surface area contributed by atoms with Gasteiger partial charge < -0.3 is 4.74 Å². The van der Waals surface area contributed by atoms with Crippen molar-refractivity contribution >= 4 is 5.69 Å². The van der Waals surface area contributed by atoms with Gasteiger partial charge in [0.2, 0.25) is 5.75 Å². The summed E-state index contributed by atoms with van der Waals surface area (Å²) in [5, 5.41) is 11.2. The third-order valence-electron chi connectivity index (χ3n) is 2.91. The molecule has 104 valence electrons. The number of pyridine rings is 1. The minimum Gasteiger partial charge on any atom is -0.481 e. The SMILES string of the molecule is CCc1nc(C)cc([N+](=O)[O-])c1OCc1ccccc1. The molecule has 5 heteroatoms. The Morgan fingerprint density at radius 3 is 2.60 bits per heavy atom. The summed E-state index contributed by atoms with van der Waals surface area (Å²) < 4.78 is 5.66. The summed E-state index contributed by atoms with van der Waals surface area (Å²) in [6.07, 6.45) is 0.590. The van der Waals surface area contributed by atoms with Gasteiger partial charge in [0.25, 0.3) is 0 Å². The molecule has 0 unspecified atom stereocenters. The number of nitro groups is 1. The maximum Gasteiger partial charge on any atom is 0.314 e. The van der Waals surface area contributed by atoms with Crippen molar-refractivity contribution in [2.45, 2.75) is 26.9 Å². The lowest BCUT2D eigenvalue weighted by atomic mass is 10.2. The second-order valence-electron chi connectivity index (χ2n) is 4.44. The van der Waals surface area contributed by atoms with Gasteiger partial charge in [0, 0.05) is 11.8 Å². The standard InChI is InChI=1S/C15H16N2O3/c1-3-13-15(14(17(18)19)9-11(2)16-13)20-10-12-7-5-4-6-8-12/h4-9H,3,10H2,1-2H3. The second kappa shape index (κ2) is 6.14. The molecule has 2 aromatic rings. The fourth-order valence-electron chi connectivity index (χ4n) is 1.97. The van der Waals surface area contributed by atoms with Crippen molar-refractivity contribution in [1.82, 2.24) is 4.98 Å². The minimum absolute atomic E-state index is 0.0229. The zero-order valence-corrected chi connectivity index (χ0v) is 11.5. The van der Waals surface area contributed by atoms with Crippen LogP contribution in [0.2, 0.25) is 0 Å². The van der Waals surface area contributed by atoms with Crippen LogP contribution in [0.3, 0.4) is 0 Å². The van der Waals surface area contributed by atoms with Gasteiger partial charge in [-0.1, -0.05) is 37.3 Å². The number of rotatable bonds is 5. The van der Waals surface area contributed by atoms with Gasteiger partial charge in [-0.05, 0) is 18.9 Å². The highest BCUT2D eigenvalue weighted by atomic mass is 16.6. The van der Waals surface area contributed by atoms with Crippen molar-refractivity contribution in [3.05, 3.63) is 63.5 Å². The van der Waals surface area contributed by atoms with Crippen molar-refractivity contribution in [2.24, 2.45) is 0 Å². The molecule has 0 fully saturated rings. The predicted octanol–water partition coefficient (Wildman–Crippen LogP) is 3.44. The number of ether oxygens (including phenoxy) is 1. The third-order valence-corrected chi connectivity index (χ3v) is 2.91. The smallest absolute Gasteiger partial charge is 0.314 e. The predicted molar refractivity (Wildman–Crippen MR) is 75.8 cm³/mol. The summed E-state index contributed by atoms with van der Waals surface area (Å²) in [4.78, 5) is 15.0. The number of aryl methyl sites for hydroxylation is 2. The van der Waals surface area contributed by atoms with E-state index in [0.29, 0.717) is 24.4 Å². The quantitative estimate of drug-likeness (QED) is 0.617. The third kappa shape index (κ3) is 3.12. The van der Waals surface area contributed by atoms with Gasteiger partial charge in [-0.2, -0.15) is 0 Å². The molecule has 0 amide bonds. The molecule has 2 rings (SSSR count). The van der Waals surface area contributed by atoms with Gasteiger partial charge in [-0.3, -0.25) is 15.1 Å². The molecule has 1 aromatic heterocycles. The number of aromatic nitrogens is 1. The van der Waals surface area contributed by atoms with E-state index in [1.807, 2.05) is 37.3 Å². The van der Waals surface area contributed by atoms with Crippen LogP contribution in [0.15, 0.2) is 36.4 Å². The molecular weight excluding hydrogens is 256 g/mol. The Kier molecular flexibility index (Phi) is 4.30. The minimum atomic E-state index is -0.422. The van der Waals surface area contributed by atoms with Gasteiger partial charge >= 0.3 is 5.69 Å². The van der Waals surface area contributed by atoms with Gasteiger partial charge in [0.15, 0.2) is 0 Å². The van der Waals surface area contributed by atoms with Gasteiger partial charge in [0.1, 0.15) is 6.61 Å². The maximum atomic E-state index is 11.2. The van der Waals surface area contributed by atoms with Crippen molar-refractivity contribution in [1.29, 1.82) is 0 Å². The van der Waals surface area contributed by atoms with E-state index in [0.717, 1.165) is 5.56 Å². The lowest BCUT2D eigenvalue weighted by Gasteiger charge is -2.11. The van der Waals surface area contributed by atoms with Gasteiger partial charge in [-0.15, -0.1) is 0 Å². The molecule has 0 aliphatic rings. The maximum absolute atomic E-state index is 11.2. The Labute approximate surface area is 117 Å². The normalized spacial score (nSPS) is 10.3. The van der Waals surface area contributed by atoms with Gasteiger partial charge in [0.05, 0.1) is 10.6 Å². The lowest BCUT2D eigenvalue weighted by Crippen LogP contribution is -2.05. The van der Waals surface area contributed by atoms with E-state index in [4.69, 9.17) is 4.74 Å². The van der Waals surface area contributed by atoms with E-state index < -0.39 is 4.92 Å². The average molecular weight is 272 g/mol. The molecule has 1 heterocycles. The Bertz CT molecular complexity index is 612. The number of nitrogens with zero attached hydrogens (tertiary/aromatic N) is 2. The first-order valence-corrected chi connectivity index (χ1v) is 6.43. The second-order valence-corrected chi connectivity index (χ2v) is 4.44. The fourth-order valence-corrected chi connectivity index (χ4v) is 1.97. The molecule has 0 radical (unpaired) electrons. The monoisotopic (exact) mass is 272 g/mol. The van der Waals surface area contributed by atoms with Crippen LogP contribution in [-0.2, 0) is 13.0 Å². The number of benzene rings is 1. The van der Waals surface area contributed by atoms with Crippen LogP contribution >= 0.6 is 0 Å². The summed E-state index contributed by atoms with van der Waals surface area (Å²) in [6, 6.07) is 11.0. The van der Waals surface area contributed by atoms with E-state index in [9.17, 15) is 10.1 Å².